The van der Waals surface area contributed by atoms with E-state index < -0.39 is 0 Å². The van der Waals surface area contributed by atoms with Crippen LogP contribution in [0.3, 0.4) is 0 Å². The summed E-state index contributed by atoms with van der Waals surface area (Å²) in [7, 11) is 0. The van der Waals surface area contributed by atoms with Crippen LogP contribution in [0.15, 0.2) is 42.5 Å². The zero-order valence-corrected chi connectivity index (χ0v) is 11.3. The van der Waals surface area contributed by atoms with Crippen molar-refractivity contribution in [3.8, 4) is 11.5 Å². The molecule has 0 saturated carbocycles. The van der Waals surface area contributed by atoms with Gasteiger partial charge in [-0.05, 0) is 35.9 Å². The molecule has 1 aliphatic rings. The van der Waals surface area contributed by atoms with Gasteiger partial charge in [0.05, 0.1) is 6.61 Å². The van der Waals surface area contributed by atoms with Crippen LogP contribution in [-0.2, 0) is 6.61 Å². The molecule has 2 aromatic rings. The normalized spacial score (nSPS) is 12.8. The van der Waals surface area contributed by atoms with Gasteiger partial charge in [0, 0.05) is 11.3 Å². The molecule has 5 nitrogen and oxygen atoms in total. The predicted octanol–water partition coefficient (Wildman–Crippen LogP) is 2.20. The highest BCUT2D eigenvalue weighted by Crippen LogP contribution is 2.30. The van der Waals surface area contributed by atoms with Crippen LogP contribution in [0.2, 0.25) is 0 Å². The Kier molecular flexibility index (Phi) is 3.75. The zero-order chi connectivity index (χ0) is 14.7. The number of hydrogen-bond acceptors (Lipinski definition) is 4. The summed E-state index contributed by atoms with van der Waals surface area (Å²) < 4.78 is 10.9. The van der Waals surface area contributed by atoms with Crippen molar-refractivity contribution in [2.24, 2.45) is 0 Å². The van der Waals surface area contributed by atoms with E-state index in [1.165, 1.54) is 0 Å². The SMILES string of the molecule is O=C(Nc1ccc(CO)cc1)c1ccc2c(c1)OCCO2. The second-order valence-corrected chi connectivity index (χ2v) is 4.67. The first-order valence-corrected chi connectivity index (χ1v) is 6.67. The molecule has 0 saturated heterocycles. The van der Waals surface area contributed by atoms with Gasteiger partial charge in [-0.2, -0.15) is 0 Å². The lowest BCUT2D eigenvalue weighted by Crippen LogP contribution is -2.17. The Morgan fingerprint density at radius 3 is 2.48 bits per heavy atom. The molecule has 0 aliphatic carbocycles. The molecule has 1 amide bonds. The number of carbonyl (C=O) groups is 1. The summed E-state index contributed by atoms with van der Waals surface area (Å²) in [6.45, 7) is 0.993. The summed E-state index contributed by atoms with van der Waals surface area (Å²) in [5.74, 6) is 1.03. The van der Waals surface area contributed by atoms with Crippen molar-refractivity contribution in [3.05, 3.63) is 53.6 Å². The molecular weight excluding hydrogens is 270 g/mol. The Labute approximate surface area is 122 Å². The number of amides is 1. The monoisotopic (exact) mass is 285 g/mol. The largest absolute Gasteiger partial charge is 0.486 e. The molecule has 0 fully saturated rings. The van der Waals surface area contributed by atoms with Crippen LogP contribution in [0.5, 0.6) is 11.5 Å². The highest BCUT2D eigenvalue weighted by molar-refractivity contribution is 6.04. The maximum absolute atomic E-state index is 12.2. The van der Waals surface area contributed by atoms with Gasteiger partial charge in [-0.15, -0.1) is 0 Å². The minimum Gasteiger partial charge on any atom is -0.486 e. The van der Waals surface area contributed by atoms with Crippen LogP contribution in [0.25, 0.3) is 0 Å². The van der Waals surface area contributed by atoms with Crippen LogP contribution in [0.1, 0.15) is 15.9 Å². The number of aliphatic hydroxyl groups is 1. The molecule has 108 valence electrons. The number of hydrogen-bond donors (Lipinski definition) is 2. The van der Waals surface area contributed by atoms with E-state index in [0.717, 1.165) is 5.56 Å². The second-order valence-electron chi connectivity index (χ2n) is 4.67. The summed E-state index contributed by atoms with van der Waals surface area (Å²) >= 11 is 0. The smallest absolute Gasteiger partial charge is 0.255 e. The minimum absolute atomic E-state index is 0.0175. The van der Waals surface area contributed by atoms with E-state index in [9.17, 15) is 4.79 Å². The van der Waals surface area contributed by atoms with Crippen molar-refractivity contribution in [1.82, 2.24) is 0 Å². The summed E-state index contributed by atoms with van der Waals surface area (Å²) in [5, 5.41) is 11.8. The Morgan fingerprint density at radius 1 is 1.05 bits per heavy atom. The topological polar surface area (TPSA) is 67.8 Å². The van der Waals surface area contributed by atoms with E-state index in [0.29, 0.717) is 36.0 Å². The van der Waals surface area contributed by atoms with E-state index in [1.807, 2.05) is 0 Å². The Morgan fingerprint density at radius 2 is 1.76 bits per heavy atom. The Balaban J connectivity index is 1.75. The molecule has 1 aliphatic heterocycles. The summed E-state index contributed by atoms with van der Waals surface area (Å²) in [5.41, 5.74) is 1.98. The highest BCUT2D eigenvalue weighted by atomic mass is 16.6. The second kappa shape index (κ2) is 5.85. The molecule has 0 spiro atoms. The van der Waals surface area contributed by atoms with E-state index in [2.05, 4.69) is 5.32 Å². The summed E-state index contributed by atoms with van der Waals surface area (Å²) in [6, 6.07) is 12.1. The molecule has 1 heterocycles. The van der Waals surface area contributed by atoms with Crippen molar-refractivity contribution in [1.29, 1.82) is 0 Å². The molecule has 5 heteroatoms. The number of nitrogens with one attached hydrogen (secondary N) is 1. The first kappa shape index (κ1) is 13.5. The van der Waals surface area contributed by atoms with Crippen LogP contribution in [0.4, 0.5) is 5.69 Å². The third kappa shape index (κ3) is 2.98. The van der Waals surface area contributed by atoms with Crippen LogP contribution >= 0.6 is 0 Å². The lowest BCUT2D eigenvalue weighted by Gasteiger charge is -2.18. The summed E-state index contributed by atoms with van der Waals surface area (Å²) in [4.78, 5) is 12.2. The van der Waals surface area contributed by atoms with Gasteiger partial charge in [0.2, 0.25) is 0 Å². The zero-order valence-electron chi connectivity index (χ0n) is 11.3. The molecule has 0 bridgehead atoms. The predicted molar refractivity (Wildman–Crippen MR) is 77.8 cm³/mol. The van der Waals surface area contributed by atoms with Crippen molar-refractivity contribution in [2.75, 3.05) is 18.5 Å². The van der Waals surface area contributed by atoms with Gasteiger partial charge in [-0.25, -0.2) is 0 Å². The third-order valence-electron chi connectivity index (χ3n) is 3.20. The fourth-order valence-electron chi connectivity index (χ4n) is 2.08. The van der Waals surface area contributed by atoms with Crippen molar-refractivity contribution in [2.45, 2.75) is 6.61 Å². The van der Waals surface area contributed by atoms with Gasteiger partial charge in [0.1, 0.15) is 13.2 Å². The number of carbonyl (C=O) groups excluding carboxylic acids is 1. The van der Waals surface area contributed by atoms with Crippen LogP contribution in [-0.4, -0.2) is 24.2 Å². The van der Waals surface area contributed by atoms with Crippen molar-refractivity contribution in [3.63, 3.8) is 0 Å². The van der Waals surface area contributed by atoms with Crippen molar-refractivity contribution < 1.29 is 19.4 Å². The minimum atomic E-state index is -0.219. The average molecular weight is 285 g/mol. The Bertz CT molecular complexity index is 652. The molecule has 2 N–H and O–H groups in total. The van der Waals surface area contributed by atoms with Crippen molar-refractivity contribution >= 4 is 11.6 Å². The first-order chi connectivity index (χ1) is 10.3. The van der Waals surface area contributed by atoms with E-state index in [1.54, 1.807) is 42.5 Å². The molecule has 2 aromatic carbocycles. The molecule has 0 atom stereocenters. The van der Waals surface area contributed by atoms with E-state index in [4.69, 9.17) is 14.6 Å². The van der Waals surface area contributed by atoms with Gasteiger partial charge in [-0.1, -0.05) is 12.1 Å². The molecule has 0 radical (unpaired) electrons. The number of anilines is 1. The molecule has 21 heavy (non-hydrogen) atoms. The molecule has 0 aromatic heterocycles. The van der Waals surface area contributed by atoms with E-state index >= 15 is 0 Å². The lowest BCUT2D eigenvalue weighted by atomic mass is 10.1. The number of ether oxygens (including phenoxy) is 2. The fraction of sp³-hybridized carbons (Fsp3) is 0.188. The van der Waals surface area contributed by atoms with Gasteiger partial charge in [0.25, 0.3) is 5.91 Å². The van der Waals surface area contributed by atoms with Crippen LogP contribution < -0.4 is 14.8 Å². The van der Waals surface area contributed by atoms with E-state index in [-0.39, 0.29) is 12.5 Å². The first-order valence-electron chi connectivity index (χ1n) is 6.67. The highest BCUT2D eigenvalue weighted by Gasteiger charge is 2.15. The molecule has 3 rings (SSSR count). The Hall–Kier alpha value is -2.53. The fourth-order valence-corrected chi connectivity index (χ4v) is 2.08. The lowest BCUT2D eigenvalue weighted by molar-refractivity contribution is 0.102. The number of fused-ring (bicyclic) bond motifs is 1. The van der Waals surface area contributed by atoms with Gasteiger partial charge >= 0.3 is 0 Å². The number of rotatable bonds is 3. The quantitative estimate of drug-likeness (QED) is 0.907. The van der Waals surface area contributed by atoms with Crippen LogP contribution in [0, 0.1) is 0 Å². The van der Waals surface area contributed by atoms with Gasteiger partial charge < -0.3 is 19.9 Å². The summed E-state index contributed by atoms with van der Waals surface area (Å²) in [6.07, 6.45) is 0. The maximum Gasteiger partial charge on any atom is 0.255 e. The standard InChI is InChI=1S/C16H15NO4/c18-10-11-1-4-13(5-2-11)17-16(19)12-3-6-14-15(9-12)21-8-7-20-14/h1-6,9,18H,7-8,10H2,(H,17,19). The van der Waals surface area contributed by atoms with Gasteiger partial charge in [0.15, 0.2) is 11.5 Å². The number of aliphatic hydroxyl groups excluding tert-OH is 1. The average Bonchev–Trinajstić information content (AvgIpc) is 2.55. The third-order valence-corrected chi connectivity index (χ3v) is 3.20. The molecule has 0 unspecified atom stereocenters. The molecular formula is C16H15NO4. The number of benzene rings is 2. The maximum atomic E-state index is 12.2. The van der Waals surface area contributed by atoms with Gasteiger partial charge in [-0.3, -0.25) is 4.79 Å².